The van der Waals surface area contributed by atoms with Crippen LogP contribution in [0.15, 0.2) is 18.3 Å². The quantitative estimate of drug-likeness (QED) is 0.565. The molecule has 0 amide bonds. The number of ether oxygens (including phenoxy) is 3. The van der Waals surface area contributed by atoms with Crippen LogP contribution in [0.2, 0.25) is 0 Å². The van der Waals surface area contributed by atoms with Crippen molar-refractivity contribution < 1.29 is 23.8 Å². The molecule has 6 heteroatoms. The predicted molar refractivity (Wildman–Crippen MR) is 62.0 cm³/mol. The third kappa shape index (κ3) is 3.19. The highest BCUT2D eigenvalue weighted by Gasteiger charge is 2.30. The fourth-order valence-corrected chi connectivity index (χ4v) is 1.53. The molecule has 1 rings (SSSR count). The lowest BCUT2D eigenvalue weighted by molar-refractivity contribution is -0.158. The van der Waals surface area contributed by atoms with E-state index in [2.05, 4.69) is 14.5 Å². The number of hydrogen-bond acceptors (Lipinski definition) is 6. The molecule has 18 heavy (non-hydrogen) atoms. The number of aromatic nitrogens is 1. The second-order valence-electron chi connectivity index (χ2n) is 3.47. The molecule has 0 aromatic carbocycles. The van der Waals surface area contributed by atoms with Gasteiger partial charge in [-0.25, -0.2) is 4.98 Å². The summed E-state index contributed by atoms with van der Waals surface area (Å²) in [5, 5.41) is 0. The van der Waals surface area contributed by atoms with Crippen molar-refractivity contribution in [2.45, 2.75) is 6.42 Å². The zero-order valence-electron chi connectivity index (χ0n) is 10.5. The highest BCUT2D eigenvalue weighted by atomic mass is 16.5. The second-order valence-corrected chi connectivity index (χ2v) is 3.47. The van der Waals surface area contributed by atoms with Gasteiger partial charge in [-0.3, -0.25) is 9.59 Å². The van der Waals surface area contributed by atoms with Crippen LogP contribution in [0.3, 0.4) is 0 Å². The molecule has 0 aliphatic carbocycles. The van der Waals surface area contributed by atoms with Crippen molar-refractivity contribution in [1.82, 2.24) is 4.98 Å². The van der Waals surface area contributed by atoms with E-state index < -0.39 is 17.9 Å². The largest absolute Gasteiger partial charge is 0.481 e. The number of carbonyl (C=O) groups excluding carboxylic acids is 2. The van der Waals surface area contributed by atoms with Gasteiger partial charge in [0.05, 0.1) is 21.3 Å². The van der Waals surface area contributed by atoms with E-state index in [1.165, 1.54) is 21.3 Å². The van der Waals surface area contributed by atoms with E-state index in [9.17, 15) is 9.59 Å². The highest BCUT2D eigenvalue weighted by molar-refractivity contribution is 5.95. The molecule has 98 valence electrons. The Morgan fingerprint density at radius 2 is 1.83 bits per heavy atom. The fraction of sp³-hybridized carbons (Fsp3) is 0.417. The second kappa shape index (κ2) is 6.58. The molecule has 0 fully saturated rings. The average molecular weight is 253 g/mol. The van der Waals surface area contributed by atoms with Gasteiger partial charge in [0.2, 0.25) is 5.88 Å². The summed E-state index contributed by atoms with van der Waals surface area (Å²) >= 11 is 0. The van der Waals surface area contributed by atoms with Gasteiger partial charge in [-0.1, -0.05) is 6.07 Å². The van der Waals surface area contributed by atoms with E-state index >= 15 is 0 Å². The number of rotatable bonds is 5. The number of esters is 2. The van der Waals surface area contributed by atoms with E-state index in [-0.39, 0.29) is 6.42 Å². The van der Waals surface area contributed by atoms with Crippen LogP contribution in [0.5, 0.6) is 5.88 Å². The number of hydrogen-bond donors (Lipinski definition) is 0. The predicted octanol–water partition coefficient (Wildman–Crippen LogP) is 0.595. The third-order valence-corrected chi connectivity index (χ3v) is 2.44. The average Bonchev–Trinajstić information content (AvgIpc) is 2.43. The Kier molecular flexibility index (Phi) is 5.10. The minimum Gasteiger partial charge on any atom is -0.481 e. The summed E-state index contributed by atoms with van der Waals surface area (Å²) in [5.41, 5.74) is 0.640. The lowest BCUT2D eigenvalue weighted by Gasteiger charge is -2.13. The molecule has 1 aromatic rings. The molecule has 1 heterocycles. The Labute approximate surface area is 105 Å². The highest BCUT2D eigenvalue weighted by Crippen LogP contribution is 2.19. The molecule has 0 aliphatic heterocycles. The molecule has 0 bridgehead atoms. The first-order chi connectivity index (χ1) is 8.63. The number of pyridine rings is 1. The molecular weight excluding hydrogens is 238 g/mol. The minimum atomic E-state index is -1.02. The van der Waals surface area contributed by atoms with Crippen LogP contribution in [-0.2, 0) is 25.5 Å². The normalized spacial score (nSPS) is 10.0. The maximum Gasteiger partial charge on any atom is 0.320 e. The van der Waals surface area contributed by atoms with Crippen molar-refractivity contribution in [2.24, 2.45) is 5.92 Å². The number of methoxy groups -OCH3 is 3. The summed E-state index contributed by atoms with van der Waals surface area (Å²) in [7, 11) is 3.91. The molecule has 0 N–H and O–H groups in total. The van der Waals surface area contributed by atoms with E-state index in [0.717, 1.165) is 0 Å². The van der Waals surface area contributed by atoms with E-state index in [1.54, 1.807) is 18.3 Å². The van der Waals surface area contributed by atoms with Crippen molar-refractivity contribution in [3.63, 3.8) is 0 Å². The van der Waals surface area contributed by atoms with Crippen molar-refractivity contribution >= 4 is 11.9 Å². The summed E-state index contributed by atoms with van der Waals surface area (Å²) in [6.07, 6.45) is 1.68. The summed E-state index contributed by atoms with van der Waals surface area (Å²) < 4.78 is 14.2. The molecule has 0 unspecified atom stereocenters. The number of nitrogens with zero attached hydrogens (tertiary/aromatic N) is 1. The maximum absolute atomic E-state index is 11.5. The van der Waals surface area contributed by atoms with Gasteiger partial charge in [-0.15, -0.1) is 0 Å². The molecule has 6 nitrogen and oxygen atoms in total. The molecular formula is C12H15NO5. The summed E-state index contributed by atoms with van der Waals surface area (Å²) in [5.74, 6) is -1.94. The van der Waals surface area contributed by atoms with Crippen molar-refractivity contribution in [2.75, 3.05) is 21.3 Å². The summed E-state index contributed by atoms with van der Waals surface area (Å²) in [6.45, 7) is 0. The lowest BCUT2D eigenvalue weighted by Crippen LogP contribution is -2.28. The Hall–Kier alpha value is -2.11. The molecule has 0 saturated heterocycles. The van der Waals surface area contributed by atoms with Gasteiger partial charge in [0, 0.05) is 18.2 Å². The third-order valence-electron chi connectivity index (χ3n) is 2.44. The van der Waals surface area contributed by atoms with E-state index in [4.69, 9.17) is 4.74 Å². The van der Waals surface area contributed by atoms with Gasteiger partial charge in [0.25, 0.3) is 0 Å². The molecule has 0 aliphatic rings. The zero-order valence-corrected chi connectivity index (χ0v) is 10.5. The van der Waals surface area contributed by atoms with Gasteiger partial charge in [-0.2, -0.15) is 0 Å². The number of carbonyl (C=O) groups is 2. The maximum atomic E-state index is 11.5. The van der Waals surface area contributed by atoms with Gasteiger partial charge >= 0.3 is 11.9 Å². The molecule has 0 atom stereocenters. The Bertz CT molecular complexity index is 416. The van der Waals surface area contributed by atoms with E-state index in [0.29, 0.717) is 11.4 Å². The molecule has 1 aromatic heterocycles. The van der Waals surface area contributed by atoms with E-state index in [1.807, 2.05) is 0 Å². The summed E-state index contributed by atoms with van der Waals surface area (Å²) in [6, 6.07) is 3.42. The topological polar surface area (TPSA) is 74.7 Å². The Morgan fingerprint density at radius 3 is 2.33 bits per heavy atom. The van der Waals surface area contributed by atoms with Gasteiger partial charge in [-0.05, 0) is 6.07 Å². The smallest absolute Gasteiger partial charge is 0.320 e. The summed E-state index contributed by atoms with van der Waals surface area (Å²) in [4.78, 5) is 27.1. The first-order valence-electron chi connectivity index (χ1n) is 5.27. The molecule has 0 saturated carbocycles. The van der Waals surface area contributed by atoms with Crippen molar-refractivity contribution in [3.8, 4) is 5.88 Å². The SMILES string of the molecule is COC(=O)C(Cc1cccnc1OC)C(=O)OC. The minimum absolute atomic E-state index is 0.121. The lowest BCUT2D eigenvalue weighted by atomic mass is 10.0. The van der Waals surface area contributed by atoms with Crippen LogP contribution in [0.4, 0.5) is 0 Å². The Balaban J connectivity index is 2.95. The van der Waals surface area contributed by atoms with Crippen LogP contribution in [0.25, 0.3) is 0 Å². The van der Waals surface area contributed by atoms with Gasteiger partial charge in [0.15, 0.2) is 5.92 Å². The van der Waals surface area contributed by atoms with Crippen LogP contribution >= 0.6 is 0 Å². The molecule has 0 spiro atoms. The van der Waals surface area contributed by atoms with Gasteiger partial charge < -0.3 is 14.2 Å². The first kappa shape index (κ1) is 14.0. The van der Waals surface area contributed by atoms with Crippen LogP contribution < -0.4 is 4.74 Å². The van der Waals surface area contributed by atoms with Crippen LogP contribution in [0, 0.1) is 5.92 Å². The van der Waals surface area contributed by atoms with Crippen molar-refractivity contribution in [1.29, 1.82) is 0 Å². The molecule has 0 radical (unpaired) electrons. The standard InChI is InChI=1S/C12H15NO5/c1-16-10-8(5-4-6-13-10)7-9(11(14)17-2)12(15)18-3/h4-6,9H,7H2,1-3H3. The fourth-order valence-electron chi connectivity index (χ4n) is 1.53. The Morgan fingerprint density at radius 1 is 1.22 bits per heavy atom. The van der Waals surface area contributed by atoms with Crippen molar-refractivity contribution in [3.05, 3.63) is 23.9 Å². The monoisotopic (exact) mass is 253 g/mol. The van der Waals surface area contributed by atoms with Crippen LogP contribution in [0.1, 0.15) is 5.56 Å². The zero-order chi connectivity index (χ0) is 13.5. The van der Waals surface area contributed by atoms with Gasteiger partial charge in [0.1, 0.15) is 0 Å². The van der Waals surface area contributed by atoms with Crippen LogP contribution in [-0.4, -0.2) is 38.3 Å². The first-order valence-corrected chi connectivity index (χ1v) is 5.27.